The normalized spacial score (nSPS) is 10.2. The minimum atomic E-state index is 0.351. The molecule has 2 aromatic heterocycles. The molecular weight excluding hydrogens is 254 g/mol. The number of anilines is 1. The summed E-state index contributed by atoms with van der Waals surface area (Å²) in [7, 11) is 0. The van der Waals surface area contributed by atoms with E-state index >= 15 is 0 Å². The molecule has 7 nitrogen and oxygen atoms in total. The van der Waals surface area contributed by atoms with Gasteiger partial charge in [0.15, 0.2) is 11.6 Å². The summed E-state index contributed by atoms with van der Waals surface area (Å²) < 4.78 is 1.43. The molecule has 0 saturated heterocycles. The van der Waals surface area contributed by atoms with Gasteiger partial charge in [0.2, 0.25) is 0 Å². The summed E-state index contributed by atoms with van der Waals surface area (Å²) >= 11 is 0. The number of nitrogen functional groups attached to an aromatic ring is 1. The van der Waals surface area contributed by atoms with E-state index in [1.807, 2.05) is 18.2 Å². The molecule has 0 spiro atoms. The molecule has 2 heterocycles. The number of benzene rings is 1. The van der Waals surface area contributed by atoms with Gasteiger partial charge < -0.3 is 5.73 Å². The monoisotopic (exact) mass is 263 g/mol. The molecule has 0 aliphatic rings. The predicted octanol–water partition coefficient (Wildman–Crippen LogP) is 1.18. The molecule has 0 atom stereocenters. The van der Waals surface area contributed by atoms with Crippen LogP contribution in [0, 0.1) is 11.3 Å². The van der Waals surface area contributed by atoms with Crippen LogP contribution >= 0.6 is 0 Å². The highest BCUT2D eigenvalue weighted by atomic mass is 15.4. The summed E-state index contributed by atoms with van der Waals surface area (Å²) in [5.74, 6) is 0.878. The Morgan fingerprint density at radius 3 is 2.70 bits per heavy atom. The van der Waals surface area contributed by atoms with E-state index in [1.54, 1.807) is 18.2 Å². The summed E-state index contributed by atoms with van der Waals surface area (Å²) in [6.45, 7) is 0. The van der Waals surface area contributed by atoms with E-state index in [2.05, 4.69) is 20.3 Å². The lowest BCUT2D eigenvalue weighted by atomic mass is 10.2. The van der Waals surface area contributed by atoms with Crippen LogP contribution in [0.5, 0.6) is 0 Å². The standard InChI is InChI=1S/C13H9N7/c14-7-10-5-6-17-18-13(10)20-8-16-12(19-20)9-1-3-11(15)4-2-9/h1-6,8H,15H2. The van der Waals surface area contributed by atoms with Gasteiger partial charge in [-0.3, -0.25) is 0 Å². The Bertz CT molecular complexity index is 783. The minimum absolute atomic E-state index is 0.351. The first-order chi connectivity index (χ1) is 9.78. The third-order valence-electron chi connectivity index (χ3n) is 2.70. The Labute approximate surface area is 114 Å². The molecule has 96 valence electrons. The predicted molar refractivity (Wildman–Crippen MR) is 71.5 cm³/mol. The number of nitriles is 1. The average Bonchev–Trinajstić information content (AvgIpc) is 2.97. The van der Waals surface area contributed by atoms with Gasteiger partial charge in [0.05, 0.1) is 6.20 Å². The van der Waals surface area contributed by atoms with Crippen molar-refractivity contribution in [3.63, 3.8) is 0 Å². The second-order valence-corrected chi connectivity index (χ2v) is 4.02. The van der Waals surface area contributed by atoms with Crippen molar-refractivity contribution in [2.75, 3.05) is 5.73 Å². The molecule has 2 N–H and O–H groups in total. The Balaban J connectivity index is 2.02. The highest BCUT2D eigenvalue weighted by Crippen LogP contribution is 2.17. The maximum absolute atomic E-state index is 9.04. The molecule has 20 heavy (non-hydrogen) atoms. The van der Waals surface area contributed by atoms with Crippen LogP contribution in [0.1, 0.15) is 5.56 Å². The van der Waals surface area contributed by atoms with Crippen molar-refractivity contribution < 1.29 is 0 Å². The van der Waals surface area contributed by atoms with Crippen molar-refractivity contribution in [3.8, 4) is 23.3 Å². The van der Waals surface area contributed by atoms with Crippen LogP contribution in [0.3, 0.4) is 0 Å². The molecular formula is C13H9N7. The Morgan fingerprint density at radius 1 is 1.15 bits per heavy atom. The van der Waals surface area contributed by atoms with Crippen LogP contribution < -0.4 is 5.73 Å². The smallest absolute Gasteiger partial charge is 0.195 e. The maximum atomic E-state index is 9.04. The molecule has 0 saturated carbocycles. The van der Waals surface area contributed by atoms with Crippen LogP contribution in [-0.2, 0) is 0 Å². The third-order valence-corrected chi connectivity index (χ3v) is 2.70. The van der Waals surface area contributed by atoms with Gasteiger partial charge in [0.1, 0.15) is 18.0 Å². The van der Waals surface area contributed by atoms with Crippen molar-refractivity contribution in [1.29, 1.82) is 5.26 Å². The van der Waals surface area contributed by atoms with Crippen LogP contribution in [0.25, 0.3) is 17.2 Å². The van der Waals surface area contributed by atoms with Gasteiger partial charge in [0.25, 0.3) is 0 Å². The van der Waals surface area contributed by atoms with E-state index in [-0.39, 0.29) is 0 Å². The van der Waals surface area contributed by atoms with E-state index in [1.165, 1.54) is 17.2 Å². The van der Waals surface area contributed by atoms with Crippen molar-refractivity contribution >= 4 is 5.69 Å². The highest BCUT2D eigenvalue weighted by molar-refractivity contribution is 5.58. The second kappa shape index (κ2) is 4.78. The van der Waals surface area contributed by atoms with E-state index in [0.717, 1.165) is 5.56 Å². The Kier molecular flexibility index (Phi) is 2.82. The zero-order valence-electron chi connectivity index (χ0n) is 10.3. The molecule has 0 bridgehead atoms. The van der Waals surface area contributed by atoms with Gasteiger partial charge in [-0.05, 0) is 30.3 Å². The minimum Gasteiger partial charge on any atom is -0.399 e. The quantitative estimate of drug-likeness (QED) is 0.696. The van der Waals surface area contributed by atoms with Gasteiger partial charge in [-0.2, -0.15) is 15.0 Å². The molecule has 1 aromatic carbocycles. The topological polar surface area (TPSA) is 106 Å². The largest absolute Gasteiger partial charge is 0.399 e. The van der Waals surface area contributed by atoms with E-state index in [4.69, 9.17) is 11.0 Å². The van der Waals surface area contributed by atoms with E-state index < -0.39 is 0 Å². The lowest BCUT2D eigenvalue weighted by Crippen LogP contribution is -2.02. The lowest BCUT2D eigenvalue weighted by molar-refractivity contribution is 0.811. The van der Waals surface area contributed by atoms with Gasteiger partial charge >= 0.3 is 0 Å². The van der Waals surface area contributed by atoms with Gasteiger partial charge in [-0.1, -0.05) is 0 Å². The number of nitrogens with zero attached hydrogens (tertiary/aromatic N) is 6. The summed E-state index contributed by atoms with van der Waals surface area (Å²) in [5.41, 5.74) is 7.53. The zero-order valence-corrected chi connectivity index (χ0v) is 10.3. The van der Waals surface area contributed by atoms with Crippen molar-refractivity contribution in [2.45, 2.75) is 0 Å². The summed E-state index contributed by atoms with van der Waals surface area (Å²) in [5, 5.41) is 21.0. The van der Waals surface area contributed by atoms with Gasteiger partial charge in [0, 0.05) is 11.3 Å². The third kappa shape index (κ3) is 2.06. The lowest BCUT2D eigenvalue weighted by Gasteiger charge is -1.99. The van der Waals surface area contributed by atoms with Crippen LogP contribution in [-0.4, -0.2) is 25.0 Å². The van der Waals surface area contributed by atoms with Crippen LogP contribution in [0.15, 0.2) is 42.9 Å². The number of rotatable bonds is 2. The van der Waals surface area contributed by atoms with E-state index in [0.29, 0.717) is 22.9 Å². The fraction of sp³-hybridized carbons (Fsp3) is 0. The number of hydrogen-bond donors (Lipinski definition) is 1. The first kappa shape index (κ1) is 11.8. The Morgan fingerprint density at radius 2 is 1.95 bits per heavy atom. The number of hydrogen-bond acceptors (Lipinski definition) is 6. The van der Waals surface area contributed by atoms with Crippen LogP contribution in [0.2, 0.25) is 0 Å². The number of nitrogens with two attached hydrogens (primary N) is 1. The molecule has 3 aromatic rings. The maximum Gasteiger partial charge on any atom is 0.195 e. The second-order valence-electron chi connectivity index (χ2n) is 4.02. The summed E-state index contributed by atoms with van der Waals surface area (Å²) in [6.07, 6.45) is 2.95. The summed E-state index contributed by atoms with van der Waals surface area (Å²) in [6, 6.07) is 10.8. The van der Waals surface area contributed by atoms with E-state index in [9.17, 15) is 0 Å². The Hall–Kier alpha value is -3.27. The molecule has 0 fully saturated rings. The highest BCUT2D eigenvalue weighted by Gasteiger charge is 2.10. The van der Waals surface area contributed by atoms with Crippen molar-refractivity contribution in [2.24, 2.45) is 0 Å². The van der Waals surface area contributed by atoms with Gasteiger partial charge in [-0.25, -0.2) is 4.98 Å². The number of aromatic nitrogens is 5. The molecule has 0 unspecified atom stereocenters. The molecule has 0 amide bonds. The fourth-order valence-corrected chi connectivity index (χ4v) is 1.71. The van der Waals surface area contributed by atoms with Crippen molar-refractivity contribution in [1.82, 2.24) is 25.0 Å². The first-order valence-corrected chi connectivity index (χ1v) is 5.77. The first-order valence-electron chi connectivity index (χ1n) is 5.77. The van der Waals surface area contributed by atoms with Crippen LogP contribution in [0.4, 0.5) is 5.69 Å². The summed E-state index contributed by atoms with van der Waals surface area (Å²) in [4.78, 5) is 4.20. The SMILES string of the molecule is N#Cc1ccnnc1-n1cnc(-c2ccc(N)cc2)n1. The molecule has 0 radical (unpaired) electrons. The zero-order chi connectivity index (χ0) is 13.9. The fourth-order valence-electron chi connectivity index (χ4n) is 1.71. The average molecular weight is 263 g/mol. The van der Waals surface area contributed by atoms with Gasteiger partial charge in [-0.15, -0.1) is 10.2 Å². The van der Waals surface area contributed by atoms with Crippen molar-refractivity contribution in [3.05, 3.63) is 48.4 Å². The molecule has 0 aliphatic carbocycles. The molecule has 0 aliphatic heterocycles. The molecule has 3 rings (SSSR count). The molecule has 7 heteroatoms.